The molecule has 4 heteroatoms. The third-order valence-corrected chi connectivity index (χ3v) is 1.22. The fourth-order valence-corrected chi connectivity index (χ4v) is 0.505. The van der Waals surface area contributed by atoms with Crippen molar-refractivity contribution in [2.24, 2.45) is 0 Å². The molecule has 0 bridgehead atoms. The van der Waals surface area contributed by atoms with Crippen LogP contribution in [0.3, 0.4) is 0 Å². The molecule has 0 fully saturated rings. The lowest BCUT2D eigenvalue weighted by atomic mass is 10.3. The molecule has 0 aromatic carbocycles. The fourth-order valence-electron chi connectivity index (χ4n) is 0.225. The summed E-state index contributed by atoms with van der Waals surface area (Å²) in [5.74, 6) is 0. The van der Waals surface area contributed by atoms with Crippen molar-refractivity contribution in [3.8, 4) is 0 Å². The van der Waals surface area contributed by atoms with Gasteiger partial charge in [-0.2, -0.15) is 0 Å². The summed E-state index contributed by atoms with van der Waals surface area (Å²) in [6.07, 6.45) is 0.332. The first-order chi connectivity index (χ1) is 3.48. The Hall–Kier alpha value is 0.0700. The standard InChI is InChI=1S/C4H8BrNO2/c1-2-3(6)4(5,7)8/h6-8H,2H2,1H3. The highest BCUT2D eigenvalue weighted by molar-refractivity contribution is 9.10. The molecule has 0 aromatic rings. The van der Waals surface area contributed by atoms with Gasteiger partial charge >= 0.3 is 0 Å². The predicted molar refractivity (Wildman–Crippen MR) is 34.1 cm³/mol. The van der Waals surface area contributed by atoms with Crippen molar-refractivity contribution in [2.75, 3.05) is 0 Å². The van der Waals surface area contributed by atoms with E-state index in [1.807, 2.05) is 0 Å². The Morgan fingerprint density at radius 2 is 2.12 bits per heavy atom. The average Bonchev–Trinajstić information content (AvgIpc) is 1.62. The molecule has 0 aromatic heterocycles. The molecule has 48 valence electrons. The van der Waals surface area contributed by atoms with Crippen molar-refractivity contribution in [3.63, 3.8) is 0 Å². The molecule has 0 radical (unpaired) electrons. The van der Waals surface area contributed by atoms with E-state index < -0.39 is 4.70 Å². The zero-order chi connectivity index (χ0) is 6.78. The third kappa shape index (κ3) is 2.40. The van der Waals surface area contributed by atoms with Crippen LogP contribution >= 0.6 is 15.9 Å². The normalized spacial score (nSPS) is 11.5. The minimum atomic E-state index is -2.10. The second-order valence-electron chi connectivity index (χ2n) is 1.42. The molecule has 3 nitrogen and oxygen atoms in total. The van der Waals surface area contributed by atoms with Crippen molar-refractivity contribution in [1.82, 2.24) is 0 Å². The van der Waals surface area contributed by atoms with Crippen LogP contribution < -0.4 is 0 Å². The molecule has 0 aliphatic rings. The second-order valence-corrected chi connectivity index (χ2v) is 2.53. The van der Waals surface area contributed by atoms with E-state index in [0.29, 0.717) is 6.42 Å². The molecule has 0 rings (SSSR count). The van der Waals surface area contributed by atoms with Crippen molar-refractivity contribution in [2.45, 2.75) is 18.0 Å². The van der Waals surface area contributed by atoms with Crippen LogP contribution in [0.15, 0.2) is 0 Å². The summed E-state index contributed by atoms with van der Waals surface area (Å²) in [4.78, 5) is 0. The zero-order valence-corrected chi connectivity index (χ0v) is 6.07. The first-order valence-corrected chi connectivity index (χ1v) is 2.99. The fraction of sp³-hybridized carbons (Fsp3) is 0.750. The highest BCUT2D eigenvalue weighted by atomic mass is 79.9. The van der Waals surface area contributed by atoms with Gasteiger partial charge in [0.1, 0.15) is 0 Å². The molecule has 0 heterocycles. The number of alkyl halides is 1. The highest BCUT2D eigenvalue weighted by Crippen LogP contribution is 2.11. The van der Waals surface area contributed by atoms with Crippen molar-refractivity contribution in [3.05, 3.63) is 0 Å². The van der Waals surface area contributed by atoms with Gasteiger partial charge in [0.2, 0.25) is 0 Å². The Kier molecular flexibility index (Phi) is 2.59. The molecule has 0 atom stereocenters. The quantitative estimate of drug-likeness (QED) is 0.329. The summed E-state index contributed by atoms with van der Waals surface area (Å²) in [5, 5.41) is 23.9. The lowest BCUT2D eigenvalue weighted by Crippen LogP contribution is -2.29. The van der Waals surface area contributed by atoms with Crippen LogP contribution in [0.25, 0.3) is 0 Å². The van der Waals surface area contributed by atoms with E-state index in [2.05, 4.69) is 15.9 Å². The maximum absolute atomic E-state index is 8.53. The molecule has 0 saturated heterocycles. The van der Waals surface area contributed by atoms with Gasteiger partial charge in [-0.1, -0.05) is 6.92 Å². The lowest BCUT2D eigenvalue weighted by molar-refractivity contribution is -0.0100. The van der Waals surface area contributed by atoms with Gasteiger partial charge in [-0.3, -0.25) is 0 Å². The summed E-state index contributed by atoms with van der Waals surface area (Å²) in [6, 6.07) is 0. The van der Waals surface area contributed by atoms with Gasteiger partial charge < -0.3 is 15.6 Å². The summed E-state index contributed by atoms with van der Waals surface area (Å²) in [5.41, 5.74) is -0.141. The van der Waals surface area contributed by atoms with E-state index >= 15 is 0 Å². The van der Waals surface area contributed by atoms with Gasteiger partial charge in [0.15, 0.2) is 0 Å². The first-order valence-electron chi connectivity index (χ1n) is 2.20. The molecular formula is C4H8BrNO2. The molecular weight excluding hydrogens is 174 g/mol. The van der Waals surface area contributed by atoms with Crippen molar-refractivity contribution >= 4 is 21.6 Å². The van der Waals surface area contributed by atoms with Crippen LogP contribution in [-0.2, 0) is 0 Å². The van der Waals surface area contributed by atoms with E-state index in [9.17, 15) is 0 Å². The monoisotopic (exact) mass is 181 g/mol. The number of nitrogens with one attached hydrogen (secondary N) is 1. The maximum Gasteiger partial charge on any atom is 0.261 e. The van der Waals surface area contributed by atoms with Gasteiger partial charge in [-0.15, -0.1) is 0 Å². The molecule has 0 saturated carbocycles. The summed E-state index contributed by atoms with van der Waals surface area (Å²) in [6.45, 7) is 1.67. The van der Waals surface area contributed by atoms with E-state index in [0.717, 1.165) is 0 Å². The molecule has 0 aliphatic carbocycles. The number of aliphatic hydroxyl groups is 2. The van der Waals surface area contributed by atoms with Crippen LogP contribution in [0.4, 0.5) is 0 Å². The van der Waals surface area contributed by atoms with Gasteiger partial charge in [-0.05, 0) is 22.4 Å². The molecule has 0 aliphatic heterocycles. The molecule has 8 heavy (non-hydrogen) atoms. The highest BCUT2D eigenvalue weighted by Gasteiger charge is 2.22. The first kappa shape index (κ1) is 8.07. The zero-order valence-electron chi connectivity index (χ0n) is 4.48. The van der Waals surface area contributed by atoms with E-state index in [-0.39, 0.29) is 5.71 Å². The Bertz CT molecular complexity index is 96.7. The number of rotatable bonds is 2. The molecule has 0 amide bonds. The summed E-state index contributed by atoms with van der Waals surface area (Å²) in [7, 11) is 0. The van der Waals surface area contributed by atoms with E-state index in [4.69, 9.17) is 15.6 Å². The third-order valence-electron chi connectivity index (χ3n) is 0.738. The van der Waals surface area contributed by atoms with Crippen molar-refractivity contribution in [1.29, 1.82) is 5.41 Å². The predicted octanol–water partition coefficient (Wildman–Crippen LogP) is 0.449. The summed E-state index contributed by atoms with van der Waals surface area (Å²) < 4.78 is -2.10. The Morgan fingerprint density at radius 3 is 2.12 bits per heavy atom. The van der Waals surface area contributed by atoms with Crippen LogP contribution in [0, 0.1) is 5.41 Å². The van der Waals surface area contributed by atoms with E-state index in [1.165, 1.54) is 0 Å². The lowest BCUT2D eigenvalue weighted by Gasteiger charge is -2.11. The van der Waals surface area contributed by atoms with Crippen LogP contribution in [0.5, 0.6) is 0 Å². The van der Waals surface area contributed by atoms with Crippen LogP contribution in [-0.4, -0.2) is 20.6 Å². The van der Waals surface area contributed by atoms with Crippen LogP contribution in [0.1, 0.15) is 13.3 Å². The maximum atomic E-state index is 8.53. The van der Waals surface area contributed by atoms with Gasteiger partial charge in [0.25, 0.3) is 4.70 Å². The minimum absolute atomic E-state index is 0.141. The topological polar surface area (TPSA) is 64.3 Å². The Balaban J connectivity index is 3.82. The molecule has 0 unspecified atom stereocenters. The van der Waals surface area contributed by atoms with Crippen molar-refractivity contribution < 1.29 is 10.2 Å². The van der Waals surface area contributed by atoms with E-state index in [1.54, 1.807) is 6.92 Å². The Labute approximate surface area is 56.0 Å². The summed E-state index contributed by atoms with van der Waals surface area (Å²) >= 11 is 2.49. The smallest absolute Gasteiger partial charge is 0.261 e. The Morgan fingerprint density at radius 1 is 1.75 bits per heavy atom. The number of halogens is 1. The average molecular weight is 182 g/mol. The minimum Gasteiger partial charge on any atom is -0.352 e. The van der Waals surface area contributed by atoms with Gasteiger partial charge in [-0.25, -0.2) is 0 Å². The largest absolute Gasteiger partial charge is 0.352 e. The number of hydrogen-bond donors (Lipinski definition) is 3. The second kappa shape index (κ2) is 2.57. The van der Waals surface area contributed by atoms with Crippen LogP contribution in [0.2, 0.25) is 0 Å². The number of hydrogen-bond acceptors (Lipinski definition) is 3. The molecule has 0 spiro atoms. The SMILES string of the molecule is CCC(=N)C(O)(O)Br. The van der Waals surface area contributed by atoms with Gasteiger partial charge in [0.05, 0.1) is 5.71 Å². The molecule has 3 N–H and O–H groups in total. The van der Waals surface area contributed by atoms with Gasteiger partial charge in [0, 0.05) is 0 Å².